The van der Waals surface area contributed by atoms with Crippen molar-refractivity contribution in [3.8, 4) is 0 Å². The van der Waals surface area contributed by atoms with Gasteiger partial charge < -0.3 is 10.1 Å². The normalized spacial score (nSPS) is 11.6. The first kappa shape index (κ1) is 13.7. The van der Waals surface area contributed by atoms with Crippen molar-refractivity contribution in [3.63, 3.8) is 0 Å². The molecule has 0 amide bonds. The van der Waals surface area contributed by atoms with E-state index in [-0.39, 0.29) is 13.2 Å². The Balaban J connectivity index is 2.44. The zero-order valence-electron chi connectivity index (χ0n) is 9.64. The molecule has 4 nitrogen and oxygen atoms in total. The number of aromatic nitrogens is 2. The highest BCUT2D eigenvalue weighted by Gasteiger charge is 2.26. The van der Waals surface area contributed by atoms with Crippen molar-refractivity contribution < 1.29 is 17.9 Å². The minimum absolute atomic E-state index is 0.0214. The number of halogens is 3. The maximum atomic E-state index is 11.8. The second kappa shape index (κ2) is 5.81. The van der Waals surface area contributed by atoms with E-state index in [1.54, 1.807) is 20.0 Å². The van der Waals surface area contributed by atoms with Crippen LogP contribution in [-0.4, -0.2) is 29.8 Å². The molecule has 0 unspecified atom stereocenters. The van der Waals surface area contributed by atoms with Gasteiger partial charge in [0, 0.05) is 18.8 Å². The minimum atomic E-state index is -4.19. The summed E-state index contributed by atoms with van der Waals surface area (Å²) in [7, 11) is 1.70. The third-order valence-corrected chi connectivity index (χ3v) is 1.92. The quantitative estimate of drug-likeness (QED) is 0.813. The molecular weight excluding hydrogens is 235 g/mol. The van der Waals surface area contributed by atoms with Gasteiger partial charge in [-0.3, -0.25) is 0 Å². The lowest BCUT2D eigenvalue weighted by Gasteiger charge is -2.08. The van der Waals surface area contributed by atoms with Gasteiger partial charge in [-0.1, -0.05) is 0 Å². The Morgan fingerprint density at radius 2 is 2.06 bits per heavy atom. The van der Waals surface area contributed by atoms with E-state index in [2.05, 4.69) is 15.3 Å². The molecule has 0 radical (unpaired) electrons. The van der Waals surface area contributed by atoms with Gasteiger partial charge in [0.25, 0.3) is 0 Å². The molecule has 0 atom stereocenters. The largest absolute Gasteiger partial charge is 0.391 e. The number of rotatable bonds is 5. The highest BCUT2D eigenvalue weighted by molar-refractivity contribution is 5.34. The summed E-state index contributed by atoms with van der Waals surface area (Å²) in [6, 6.07) is 1.74. The molecule has 0 saturated heterocycles. The Kier molecular flexibility index (Phi) is 4.68. The molecule has 1 rings (SSSR count). The maximum Gasteiger partial charge on any atom is 0.391 e. The summed E-state index contributed by atoms with van der Waals surface area (Å²) in [6.45, 7) is 1.38. The lowest BCUT2D eigenvalue weighted by atomic mass is 10.4. The molecule has 1 aromatic rings. The van der Waals surface area contributed by atoms with Gasteiger partial charge in [0.05, 0.1) is 13.0 Å². The van der Waals surface area contributed by atoms with Crippen LogP contribution in [0.4, 0.5) is 19.0 Å². The van der Waals surface area contributed by atoms with Crippen molar-refractivity contribution in [2.75, 3.05) is 19.0 Å². The van der Waals surface area contributed by atoms with Crippen LogP contribution in [0.1, 0.15) is 17.9 Å². The van der Waals surface area contributed by atoms with Crippen molar-refractivity contribution in [1.29, 1.82) is 0 Å². The Morgan fingerprint density at radius 1 is 1.35 bits per heavy atom. The van der Waals surface area contributed by atoms with Gasteiger partial charge in [-0.15, -0.1) is 0 Å². The van der Waals surface area contributed by atoms with Gasteiger partial charge in [0.2, 0.25) is 0 Å². The van der Waals surface area contributed by atoms with E-state index in [0.29, 0.717) is 11.6 Å². The van der Waals surface area contributed by atoms with Crippen molar-refractivity contribution >= 4 is 5.82 Å². The number of hydrogen-bond donors (Lipinski definition) is 1. The maximum absolute atomic E-state index is 11.8. The van der Waals surface area contributed by atoms with Crippen molar-refractivity contribution in [1.82, 2.24) is 9.97 Å². The zero-order valence-corrected chi connectivity index (χ0v) is 9.64. The highest BCUT2D eigenvalue weighted by Crippen LogP contribution is 2.19. The fraction of sp³-hybridized carbons (Fsp3) is 0.600. The van der Waals surface area contributed by atoms with Gasteiger partial charge in [0.15, 0.2) is 5.82 Å². The second-order valence-electron chi connectivity index (χ2n) is 3.48. The van der Waals surface area contributed by atoms with Crippen LogP contribution < -0.4 is 5.32 Å². The number of hydrogen-bond acceptors (Lipinski definition) is 4. The van der Waals surface area contributed by atoms with Crippen LogP contribution in [0.5, 0.6) is 0 Å². The van der Waals surface area contributed by atoms with Crippen LogP contribution in [0.3, 0.4) is 0 Å². The topological polar surface area (TPSA) is 47.0 Å². The average Bonchev–Trinajstić information content (AvgIpc) is 2.22. The van der Waals surface area contributed by atoms with Crippen molar-refractivity contribution in [2.24, 2.45) is 0 Å². The summed E-state index contributed by atoms with van der Waals surface area (Å²) >= 11 is 0. The first-order chi connectivity index (χ1) is 7.90. The van der Waals surface area contributed by atoms with Gasteiger partial charge >= 0.3 is 6.18 Å². The standard InChI is InChI=1S/C10H14F3N3O/c1-7-5-8(14-2)16-9(15-7)6-17-4-3-10(11,12)13/h5H,3-4,6H2,1-2H3,(H,14,15,16). The van der Waals surface area contributed by atoms with E-state index in [4.69, 9.17) is 4.74 Å². The summed E-state index contributed by atoms with van der Waals surface area (Å²) in [5.41, 5.74) is 0.735. The van der Waals surface area contributed by atoms with Crippen LogP contribution in [-0.2, 0) is 11.3 Å². The smallest absolute Gasteiger partial charge is 0.373 e. The Hall–Kier alpha value is -1.37. The molecule has 1 heterocycles. The van der Waals surface area contributed by atoms with Crippen molar-refractivity contribution in [2.45, 2.75) is 26.1 Å². The first-order valence-electron chi connectivity index (χ1n) is 5.07. The lowest BCUT2D eigenvalue weighted by Crippen LogP contribution is -2.12. The monoisotopic (exact) mass is 249 g/mol. The molecule has 7 heteroatoms. The zero-order chi connectivity index (χ0) is 12.9. The highest BCUT2D eigenvalue weighted by atomic mass is 19.4. The average molecular weight is 249 g/mol. The number of alkyl halides is 3. The van der Waals surface area contributed by atoms with E-state index in [1.165, 1.54) is 0 Å². The Morgan fingerprint density at radius 3 is 2.65 bits per heavy atom. The molecule has 0 fully saturated rings. The fourth-order valence-corrected chi connectivity index (χ4v) is 1.17. The van der Waals surface area contributed by atoms with Gasteiger partial charge in [-0.25, -0.2) is 9.97 Å². The molecule has 1 N–H and O–H groups in total. The molecule has 0 saturated carbocycles. The van der Waals surface area contributed by atoms with E-state index >= 15 is 0 Å². The second-order valence-corrected chi connectivity index (χ2v) is 3.48. The number of nitrogens with zero attached hydrogens (tertiary/aromatic N) is 2. The van der Waals surface area contributed by atoms with Crippen LogP contribution in [0.2, 0.25) is 0 Å². The number of anilines is 1. The molecule has 0 bridgehead atoms. The van der Waals surface area contributed by atoms with Crippen LogP contribution in [0.25, 0.3) is 0 Å². The summed E-state index contributed by atoms with van der Waals surface area (Å²) in [5.74, 6) is 0.989. The summed E-state index contributed by atoms with van der Waals surface area (Å²) in [5, 5.41) is 2.84. The summed E-state index contributed by atoms with van der Waals surface area (Å²) in [4.78, 5) is 8.12. The SMILES string of the molecule is CNc1cc(C)nc(COCCC(F)(F)F)n1. The number of ether oxygens (including phenoxy) is 1. The third kappa shape index (κ3) is 5.48. The lowest BCUT2D eigenvalue weighted by molar-refractivity contribution is -0.146. The van der Waals surface area contributed by atoms with Crippen molar-refractivity contribution in [3.05, 3.63) is 17.6 Å². The molecule has 0 aliphatic carbocycles. The summed E-state index contributed by atoms with van der Waals surface area (Å²) in [6.07, 6.45) is -5.15. The van der Waals surface area contributed by atoms with E-state index in [1.807, 2.05) is 0 Å². The molecule has 17 heavy (non-hydrogen) atoms. The molecule has 0 aliphatic heterocycles. The van der Waals surface area contributed by atoms with Crippen LogP contribution >= 0.6 is 0 Å². The molecule has 1 aromatic heterocycles. The molecule has 0 spiro atoms. The van der Waals surface area contributed by atoms with E-state index < -0.39 is 12.6 Å². The number of nitrogens with one attached hydrogen (secondary N) is 1. The van der Waals surface area contributed by atoms with E-state index in [9.17, 15) is 13.2 Å². The Labute approximate surface area is 97.2 Å². The number of aryl methyl sites for hydroxylation is 1. The minimum Gasteiger partial charge on any atom is -0.373 e. The summed E-state index contributed by atoms with van der Waals surface area (Å²) < 4.78 is 40.4. The fourth-order valence-electron chi connectivity index (χ4n) is 1.17. The molecule has 96 valence electrons. The molecular formula is C10H14F3N3O. The van der Waals surface area contributed by atoms with Gasteiger partial charge in [0.1, 0.15) is 12.4 Å². The van der Waals surface area contributed by atoms with Crippen LogP contribution in [0, 0.1) is 6.92 Å². The molecule has 0 aromatic carbocycles. The predicted octanol–water partition coefficient (Wildman–Crippen LogP) is 2.30. The van der Waals surface area contributed by atoms with Gasteiger partial charge in [-0.05, 0) is 6.92 Å². The predicted molar refractivity (Wildman–Crippen MR) is 56.6 cm³/mol. The van der Waals surface area contributed by atoms with Crippen LogP contribution in [0.15, 0.2) is 6.07 Å². The third-order valence-electron chi connectivity index (χ3n) is 1.92. The molecule has 0 aliphatic rings. The Bertz CT molecular complexity index is 368. The van der Waals surface area contributed by atoms with E-state index in [0.717, 1.165) is 5.69 Å². The first-order valence-corrected chi connectivity index (χ1v) is 5.07. The van der Waals surface area contributed by atoms with Gasteiger partial charge in [-0.2, -0.15) is 13.2 Å².